The summed E-state index contributed by atoms with van der Waals surface area (Å²) in [4.78, 5) is 52.1. The van der Waals surface area contributed by atoms with Crippen LogP contribution in [0.5, 0.6) is 0 Å². The number of aryl methyl sites for hydroxylation is 1. The summed E-state index contributed by atoms with van der Waals surface area (Å²) in [6.45, 7) is -0.805. The number of benzene rings is 3. The molecule has 0 bridgehead atoms. The number of halogens is 5. The van der Waals surface area contributed by atoms with Crippen molar-refractivity contribution >= 4 is 23.8 Å². The van der Waals surface area contributed by atoms with E-state index in [2.05, 4.69) is 0 Å². The number of primary amides is 1. The van der Waals surface area contributed by atoms with Crippen molar-refractivity contribution < 1.29 is 45.9 Å². The summed E-state index contributed by atoms with van der Waals surface area (Å²) in [5.41, 5.74) is 5.08. The number of nitrogens with two attached hydrogens (primary N) is 1. The minimum Gasteiger partial charge on any atom is -0.427 e. The molecule has 3 aromatic rings. The molecular weight excluding hydrogens is 577 g/mol. The third kappa shape index (κ3) is 5.42. The molecule has 5 rings (SSSR count). The van der Waals surface area contributed by atoms with Crippen LogP contribution >= 0.6 is 0 Å². The van der Waals surface area contributed by atoms with E-state index in [1.54, 1.807) is 6.07 Å². The monoisotopic (exact) mass is 601 g/mol. The molecule has 0 radical (unpaired) electrons. The Morgan fingerprint density at radius 1 is 1.05 bits per heavy atom. The maximum absolute atomic E-state index is 14.6. The van der Waals surface area contributed by atoms with E-state index in [1.807, 2.05) is 0 Å². The summed E-state index contributed by atoms with van der Waals surface area (Å²) >= 11 is 0. The Bertz CT molecular complexity index is 1640. The van der Waals surface area contributed by atoms with Crippen LogP contribution < -0.4 is 5.73 Å². The smallest absolute Gasteiger partial charge is 0.418 e. The molecule has 3 aromatic carbocycles. The molecular formula is C30H24F5N3O5. The third-order valence-corrected chi connectivity index (χ3v) is 7.74. The van der Waals surface area contributed by atoms with Crippen molar-refractivity contribution in [3.05, 3.63) is 94.6 Å². The first-order chi connectivity index (χ1) is 20.2. The number of carbonyl (C=O) groups is 4. The molecule has 43 heavy (non-hydrogen) atoms. The Morgan fingerprint density at radius 2 is 1.74 bits per heavy atom. The van der Waals surface area contributed by atoms with Gasteiger partial charge < -0.3 is 15.4 Å². The van der Waals surface area contributed by atoms with Gasteiger partial charge in [0.2, 0.25) is 17.4 Å². The first-order valence-electron chi connectivity index (χ1n) is 13.1. The Kier molecular flexibility index (Phi) is 7.45. The molecule has 1 aliphatic carbocycles. The number of rotatable bonds is 7. The largest absolute Gasteiger partial charge is 0.427 e. The summed E-state index contributed by atoms with van der Waals surface area (Å²) in [7, 11) is 0. The Balaban J connectivity index is 1.40. The third-order valence-electron chi connectivity index (χ3n) is 7.74. The summed E-state index contributed by atoms with van der Waals surface area (Å²) in [6.07, 6.45) is -5.81. The highest BCUT2D eigenvalue weighted by Gasteiger charge is 2.58. The lowest BCUT2D eigenvalue weighted by molar-refractivity contribution is -0.187. The highest BCUT2D eigenvalue weighted by Crippen LogP contribution is 2.46. The second kappa shape index (κ2) is 10.8. The van der Waals surface area contributed by atoms with Gasteiger partial charge in [0.05, 0.1) is 0 Å². The van der Waals surface area contributed by atoms with Crippen LogP contribution in [-0.4, -0.2) is 52.4 Å². The molecule has 1 spiro atoms. The van der Waals surface area contributed by atoms with Crippen LogP contribution in [-0.2, 0) is 32.9 Å². The SMILES string of the molecule is C[C@H](N(Cc1ccc(F)cc1)C(=O)CN1C(=O)O[C@@]2(CCc3cc(-c4cc(C(N)=O)ccc4F)ccc32)C1=O)C(F)(F)F. The minimum atomic E-state index is -4.83. The van der Waals surface area contributed by atoms with Gasteiger partial charge in [-0.3, -0.25) is 14.4 Å². The summed E-state index contributed by atoms with van der Waals surface area (Å²) in [5.74, 6) is -4.07. The molecule has 224 valence electrons. The Labute approximate surface area is 241 Å². The molecule has 2 aliphatic rings. The maximum atomic E-state index is 14.6. The summed E-state index contributed by atoms with van der Waals surface area (Å²) < 4.78 is 74.4. The van der Waals surface area contributed by atoms with Crippen LogP contribution in [0.25, 0.3) is 11.1 Å². The van der Waals surface area contributed by atoms with Crippen LogP contribution in [0.15, 0.2) is 60.7 Å². The molecule has 0 unspecified atom stereocenters. The number of ether oxygens (including phenoxy) is 1. The lowest BCUT2D eigenvalue weighted by Crippen LogP contribution is -2.51. The van der Waals surface area contributed by atoms with Crippen molar-refractivity contribution in [2.75, 3.05) is 6.54 Å². The molecule has 1 saturated heterocycles. The first kappa shape index (κ1) is 29.7. The van der Waals surface area contributed by atoms with Crippen molar-refractivity contribution in [1.82, 2.24) is 9.80 Å². The van der Waals surface area contributed by atoms with Gasteiger partial charge in [-0.1, -0.05) is 30.3 Å². The van der Waals surface area contributed by atoms with Crippen LogP contribution in [0.4, 0.5) is 26.7 Å². The van der Waals surface area contributed by atoms with Gasteiger partial charge in [-0.05, 0) is 60.4 Å². The fraction of sp³-hybridized carbons (Fsp3) is 0.267. The highest BCUT2D eigenvalue weighted by molar-refractivity contribution is 6.06. The quantitative estimate of drug-likeness (QED) is 0.390. The molecule has 0 aromatic heterocycles. The number of nitrogens with zero attached hydrogens (tertiary/aromatic N) is 2. The van der Waals surface area contributed by atoms with E-state index in [-0.39, 0.29) is 29.5 Å². The van der Waals surface area contributed by atoms with E-state index >= 15 is 0 Å². The number of carbonyl (C=O) groups excluding carboxylic acids is 4. The molecule has 1 aliphatic heterocycles. The molecule has 0 saturated carbocycles. The van der Waals surface area contributed by atoms with Gasteiger partial charge in [0.1, 0.15) is 24.2 Å². The lowest BCUT2D eigenvalue weighted by Gasteiger charge is -2.31. The van der Waals surface area contributed by atoms with Crippen molar-refractivity contribution in [1.29, 1.82) is 0 Å². The van der Waals surface area contributed by atoms with E-state index < -0.39 is 66.4 Å². The first-order valence-corrected chi connectivity index (χ1v) is 13.1. The van der Waals surface area contributed by atoms with Gasteiger partial charge in [0.15, 0.2) is 0 Å². The fourth-order valence-electron chi connectivity index (χ4n) is 5.35. The van der Waals surface area contributed by atoms with E-state index in [0.717, 1.165) is 25.1 Å². The number of alkyl halides is 3. The van der Waals surface area contributed by atoms with E-state index in [1.165, 1.54) is 36.4 Å². The number of hydrogen-bond acceptors (Lipinski definition) is 5. The summed E-state index contributed by atoms with van der Waals surface area (Å²) in [5, 5.41) is 0. The zero-order valence-electron chi connectivity index (χ0n) is 22.6. The van der Waals surface area contributed by atoms with E-state index in [0.29, 0.717) is 26.5 Å². The number of amides is 4. The van der Waals surface area contributed by atoms with Crippen LogP contribution in [0.3, 0.4) is 0 Å². The summed E-state index contributed by atoms with van der Waals surface area (Å²) in [6, 6.07) is 10.4. The Morgan fingerprint density at radius 3 is 2.40 bits per heavy atom. The standard InChI is InChI=1S/C30H24F5N3O5/c1-16(30(33,34)35)37(14-17-2-6-21(31)7-3-17)25(39)15-38-27(41)29(43-28(38)42)11-10-19-12-18(4-8-23(19)29)22-13-20(26(36)40)5-9-24(22)32/h2-9,12-13,16H,10-11,14-15H2,1H3,(H2,36,40)/t16-,29+/m0/s1. The normalized spacial score (nSPS) is 18.5. The number of hydrogen-bond donors (Lipinski definition) is 1. The maximum Gasteiger partial charge on any atom is 0.418 e. The van der Waals surface area contributed by atoms with Gasteiger partial charge in [-0.2, -0.15) is 13.2 Å². The molecule has 8 nitrogen and oxygen atoms in total. The lowest BCUT2D eigenvalue weighted by atomic mass is 9.92. The Hall–Kier alpha value is -4.81. The van der Waals surface area contributed by atoms with Crippen LogP contribution in [0, 0.1) is 11.6 Å². The van der Waals surface area contributed by atoms with Gasteiger partial charge in [0.25, 0.3) is 5.91 Å². The van der Waals surface area contributed by atoms with Gasteiger partial charge >= 0.3 is 12.3 Å². The van der Waals surface area contributed by atoms with Gasteiger partial charge in [-0.25, -0.2) is 18.5 Å². The van der Waals surface area contributed by atoms with E-state index in [4.69, 9.17) is 10.5 Å². The van der Waals surface area contributed by atoms with E-state index in [9.17, 15) is 41.1 Å². The molecule has 2 atom stereocenters. The predicted molar refractivity (Wildman–Crippen MR) is 141 cm³/mol. The van der Waals surface area contributed by atoms with Crippen LogP contribution in [0.1, 0.15) is 40.4 Å². The second-order valence-corrected chi connectivity index (χ2v) is 10.4. The minimum absolute atomic E-state index is 0.0108. The number of fused-ring (bicyclic) bond motifs is 2. The van der Waals surface area contributed by atoms with Crippen molar-refractivity contribution in [2.24, 2.45) is 5.73 Å². The average molecular weight is 602 g/mol. The van der Waals surface area contributed by atoms with Crippen molar-refractivity contribution in [2.45, 2.75) is 44.1 Å². The molecule has 4 amide bonds. The average Bonchev–Trinajstić information content (AvgIpc) is 3.43. The predicted octanol–water partition coefficient (Wildman–Crippen LogP) is 4.83. The number of imide groups is 1. The highest BCUT2D eigenvalue weighted by atomic mass is 19.4. The molecule has 1 heterocycles. The molecule has 2 N–H and O–H groups in total. The topological polar surface area (TPSA) is 110 Å². The van der Waals surface area contributed by atoms with Gasteiger partial charge in [0, 0.05) is 29.7 Å². The van der Waals surface area contributed by atoms with Crippen molar-refractivity contribution in [3.63, 3.8) is 0 Å². The second-order valence-electron chi connectivity index (χ2n) is 10.4. The zero-order valence-corrected chi connectivity index (χ0v) is 22.6. The molecule has 1 fully saturated rings. The van der Waals surface area contributed by atoms with Crippen molar-refractivity contribution in [3.8, 4) is 11.1 Å². The molecule has 13 heteroatoms. The fourth-order valence-corrected chi connectivity index (χ4v) is 5.35. The zero-order chi connectivity index (χ0) is 31.3. The van der Waals surface area contributed by atoms with Gasteiger partial charge in [-0.15, -0.1) is 0 Å². The van der Waals surface area contributed by atoms with Crippen LogP contribution in [0.2, 0.25) is 0 Å².